The van der Waals surface area contributed by atoms with Gasteiger partial charge in [-0.3, -0.25) is 0 Å². The summed E-state index contributed by atoms with van der Waals surface area (Å²) in [6, 6.07) is 7.78. The van der Waals surface area contributed by atoms with Crippen molar-refractivity contribution in [2.45, 2.75) is 19.4 Å². The second-order valence-corrected chi connectivity index (χ2v) is 3.68. The number of hydrogen-bond donors (Lipinski definition) is 2. The van der Waals surface area contributed by atoms with E-state index in [1.54, 1.807) is 0 Å². The van der Waals surface area contributed by atoms with E-state index >= 15 is 0 Å². The summed E-state index contributed by atoms with van der Waals surface area (Å²) in [6.45, 7) is 2.42. The van der Waals surface area contributed by atoms with Crippen molar-refractivity contribution in [1.82, 2.24) is 0 Å². The van der Waals surface area contributed by atoms with E-state index in [0.29, 0.717) is 18.7 Å². The lowest BCUT2D eigenvalue weighted by atomic mass is 10.1. The molecule has 0 fully saturated rings. The van der Waals surface area contributed by atoms with Gasteiger partial charge < -0.3 is 15.3 Å². The van der Waals surface area contributed by atoms with E-state index in [9.17, 15) is 5.11 Å². The quantitative estimate of drug-likeness (QED) is 0.806. The van der Waals surface area contributed by atoms with Crippen LogP contribution in [0.2, 0.25) is 0 Å². The molecule has 2 aromatic rings. The van der Waals surface area contributed by atoms with E-state index in [1.165, 1.54) is 0 Å². The number of furan rings is 1. The van der Waals surface area contributed by atoms with Crippen molar-refractivity contribution in [2.75, 3.05) is 6.54 Å². The van der Waals surface area contributed by atoms with Gasteiger partial charge in [0.05, 0.1) is 0 Å². The molecular formula is C12H15NO2. The highest BCUT2D eigenvalue weighted by Gasteiger charge is 2.16. The first kappa shape index (κ1) is 10.2. The van der Waals surface area contributed by atoms with Crippen molar-refractivity contribution in [2.24, 2.45) is 5.73 Å². The molecule has 0 aliphatic carbocycles. The molecule has 0 saturated carbocycles. The smallest absolute Gasteiger partial charge is 0.136 e. The van der Waals surface area contributed by atoms with Crippen LogP contribution in [0.3, 0.4) is 0 Å². The van der Waals surface area contributed by atoms with Gasteiger partial charge in [-0.2, -0.15) is 0 Å². The van der Waals surface area contributed by atoms with Gasteiger partial charge in [-0.25, -0.2) is 0 Å². The number of aliphatic hydroxyl groups is 1. The summed E-state index contributed by atoms with van der Waals surface area (Å²) in [5.74, 6) is 0.640. The van der Waals surface area contributed by atoms with E-state index < -0.39 is 6.10 Å². The third-order valence-electron chi connectivity index (χ3n) is 2.62. The summed E-state index contributed by atoms with van der Waals surface area (Å²) < 4.78 is 5.61. The van der Waals surface area contributed by atoms with Crippen molar-refractivity contribution >= 4 is 11.0 Å². The molecule has 0 amide bonds. The standard InChI is InChI=1S/C12H15NO2/c1-8-9-4-2-3-5-11(9)15-12(8)10(14)6-7-13/h2-5,10,14H,6-7,13H2,1H3. The molecule has 3 nitrogen and oxygen atoms in total. The topological polar surface area (TPSA) is 59.4 Å². The lowest BCUT2D eigenvalue weighted by molar-refractivity contribution is 0.144. The molecule has 0 saturated heterocycles. The van der Waals surface area contributed by atoms with E-state index in [-0.39, 0.29) is 0 Å². The number of nitrogens with two attached hydrogens (primary N) is 1. The summed E-state index contributed by atoms with van der Waals surface area (Å²) in [4.78, 5) is 0. The number of aryl methyl sites for hydroxylation is 1. The number of rotatable bonds is 3. The van der Waals surface area contributed by atoms with Gasteiger partial charge in [-0.05, 0) is 26.0 Å². The fourth-order valence-corrected chi connectivity index (χ4v) is 1.80. The molecule has 2 rings (SSSR count). The zero-order valence-electron chi connectivity index (χ0n) is 8.73. The van der Waals surface area contributed by atoms with Crippen LogP contribution < -0.4 is 5.73 Å². The second kappa shape index (κ2) is 4.04. The molecule has 0 aliphatic heterocycles. The molecule has 0 radical (unpaired) electrons. The van der Waals surface area contributed by atoms with Gasteiger partial charge in [-0.1, -0.05) is 18.2 Å². The minimum absolute atomic E-state index is 0.456. The number of fused-ring (bicyclic) bond motifs is 1. The highest BCUT2D eigenvalue weighted by molar-refractivity contribution is 5.81. The Hall–Kier alpha value is -1.32. The lowest BCUT2D eigenvalue weighted by Gasteiger charge is -2.06. The van der Waals surface area contributed by atoms with Crippen LogP contribution in [-0.2, 0) is 0 Å². The first-order chi connectivity index (χ1) is 7.24. The summed E-state index contributed by atoms with van der Waals surface area (Å²) in [6.07, 6.45) is -0.0666. The molecule has 1 aromatic carbocycles. The Kier molecular flexibility index (Phi) is 2.75. The first-order valence-electron chi connectivity index (χ1n) is 5.10. The van der Waals surface area contributed by atoms with Gasteiger partial charge >= 0.3 is 0 Å². The molecule has 3 N–H and O–H groups in total. The number of benzene rings is 1. The highest BCUT2D eigenvalue weighted by Crippen LogP contribution is 2.30. The van der Waals surface area contributed by atoms with Crippen molar-refractivity contribution < 1.29 is 9.52 Å². The lowest BCUT2D eigenvalue weighted by Crippen LogP contribution is -2.06. The molecule has 0 spiro atoms. The molecule has 1 aromatic heterocycles. The van der Waals surface area contributed by atoms with E-state index in [0.717, 1.165) is 16.5 Å². The van der Waals surface area contributed by atoms with Crippen molar-refractivity contribution in [3.8, 4) is 0 Å². The zero-order chi connectivity index (χ0) is 10.8. The van der Waals surface area contributed by atoms with Crippen LogP contribution in [0.25, 0.3) is 11.0 Å². The summed E-state index contributed by atoms with van der Waals surface area (Å²) in [7, 11) is 0. The third kappa shape index (κ3) is 1.76. The SMILES string of the molecule is Cc1c(C(O)CCN)oc2ccccc12. The van der Waals surface area contributed by atoms with Crippen LogP contribution >= 0.6 is 0 Å². The van der Waals surface area contributed by atoms with E-state index in [4.69, 9.17) is 10.2 Å². The van der Waals surface area contributed by atoms with Crippen LogP contribution in [0.4, 0.5) is 0 Å². The molecule has 1 atom stereocenters. The number of aliphatic hydroxyl groups excluding tert-OH is 1. The Balaban J connectivity index is 2.48. The molecule has 3 heteroatoms. The van der Waals surface area contributed by atoms with Crippen LogP contribution in [0.1, 0.15) is 23.8 Å². The minimum Gasteiger partial charge on any atom is -0.458 e. The molecule has 15 heavy (non-hydrogen) atoms. The van der Waals surface area contributed by atoms with Crippen LogP contribution in [-0.4, -0.2) is 11.7 Å². The van der Waals surface area contributed by atoms with Crippen LogP contribution in [0, 0.1) is 6.92 Å². The zero-order valence-corrected chi connectivity index (χ0v) is 8.73. The second-order valence-electron chi connectivity index (χ2n) is 3.68. The van der Waals surface area contributed by atoms with Gasteiger partial charge in [0.1, 0.15) is 17.4 Å². The van der Waals surface area contributed by atoms with Gasteiger partial charge in [0.2, 0.25) is 0 Å². The summed E-state index contributed by atoms with van der Waals surface area (Å²) in [5, 5.41) is 10.9. The van der Waals surface area contributed by atoms with Gasteiger partial charge in [0.15, 0.2) is 0 Å². The molecule has 0 bridgehead atoms. The highest BCUT2D eigenvalue weighted by atomic mass is 16.4. The molecule has 1 heterocycles. The maximum absolute atomic E-state index is 9.83. The van der Waals surface area contributed by atoms with Gasteiger partial charge in [0.25, 0.3) is 0 Å². The third-order valence-corrected chi connectivity index (χ3v) is 2.62. The van der Waals surface area contributed by atoms with Gasteiger partial charge in [0, 0.05) is 10.9 Å². The van der Waals surface area contributed by atoms with Gasteiger partial charge in [-0.15, -0.1) is 0 Å². The van der Waals surface area contributed by atoms with E-state index in [1.807, 2.05) is 31.2 Å². The van der Waals surface area contributed by atoms with Crippen molar-refractivity contribution in [1.29, 1.82) is 0 Å². The molecule has 0 aliphatic rings. The molecule has 1 unspecified atom stereocenters. The predicted molar refractivity (Wildman–Crippen MR) is 59.6 cm³/mol. The number of para-hydroxylation sites is 1. The Morgan fingerprint density at radius 1 is 1.40 bits per heavy atom. The first-order valence-corrected chi connectivity index (χ1v) is 5.10. The summed E-state index contributed by atoms with van der Waals surface area (Å²) in [5.41, 5.74) is 7.24. The average molecular weight is 205 g/mol. The predicted octanol–water partition coefficient (Wildman–Crippen LogP) is 2.12. The van der Waals surface area contributed by atoms with Crippen LogP contribution in [0.5, 0.6) is 0 Å². The Bertz CT molecular complexity index is 462. The Morgan fingerprint density at radius 3 is 2.80 bits per heavy atom. The van der Waals surface area contributed by atoms with Crippen molar-refractivity contribution in [3.63, 3.8) is 0 Å². The van der Waals surface area contributed by atoms with Crippen molar-refractivity contribution in [3.05, 3.63) is 35.6 Å². The number of hydrogen-bond acceptors (Lipinski definition) is 3. The average Bonchev–Trinajstić information content (AvgIpc) is 2.57. The fraction of sp³-hybridized carbons (Fsp3) is 0.333. The molecular weight excluding hydrogens is 190 g/mol. The Labute approximate surface area is 88.5 Å². The minimum atomic E-state index is -0.595. The van der Waals surface area contributed by atoms with Crippen LogP contribution in [0.15, 0.2) is 28.7 Å². The maximum Gasteiger partial charge on any atom is 0.136 e. The molecule has 80 valence electrons. The fourth-order valence-electron chi connectivity index (χ4n) is 1.80. The largest absolute Gasteiger partial charge is 0.458 e. The monoisotopic (exact) mass is 205 g/mol. The van der Waals surface area contributed by atoms with E-state index in [2.05, 4.69) is 0 Å². The maximum atomic E-state index is 9.83. The Morgan fingerprint density at radius 2 is 2.13 bits per heavy atom. The normalized spacial score (nSPS) is 13.3. The summed E-state index contributed by atoms with van der Waals surface area (Å²) >= 11 is 0.